The standard InChI is InChI=1S/C24H19Cl2N3O/c1-15-11-23(27-19-4-2-3-18(26)13-19)29-22-10-9-20(14-21(15)22)28-24(30)12-16-5-7-17(25)8-6-16/h2-11,13-14H,12H2,1H3,(H,27,29)(H,28,30). The third-order valence-electron chi connectivity index (χ3n) is 4.67. The lowest BCUT2D eigenvalue weighted by atomic mass is 10.1. The maximum atomic E-state index is 12.4. The Labute approximate surface area is 184 Å². The van der Waals surface area contributed by atoms with E-state index < -0.39 is 0 Å². The zero-order valence-electron chi connectivity index (χ0n) is 16.2. The quantitative estimate of drug-likeness (QED) is 0.363. The average molecular weight is 436 g/mol. The first-order chi connectivity index (χ1) is 14.5. The molecule has 3 aromatic carbocycles. The van der Waals surface area contributed by atoms with Crippen LogP contribution in [-0.4, -0.2) is 10.9 Å². The van der Waals surface area contributed by atoms with Crippen LogP contribution < -0.4 is 10.6 Å². The number of halogens is 2. The summed E-state index contributed by atoms with van der Waals surface area (Å²) in [7, 11) is 0. The van der Waals surface area contributed by atoms with E-state index in [1.165, 1.54) is 0 Å². The fourth-order valence-corrected chi connectivity index (χ4v) is 3.56. The Bertz CT molecular complexity index is 1220. The third-order valence-corrected chi connectivity index (χ3v) is 5.16. The van der Waals surface area contributed by atoms with Crippen molar-refractivity contribution >= 4 is 57.2 Å². The molecule has 0 aliphatic carbocycles. The average Bonchev–Trinajstić information content (AvgIpc) is 2.70. The van der Waals surface area contributed by atoms with Crippen LogP contribution in [0.15, 0.2) is 72.8 Å². The van der Waals surface area contributed by atoms with Crippen LogP contribution in [-0.2, 0) is 11.2 Å². The number of nitrogens with one attached hydrogen (secondary N) is 2. The molecule has 4 nitrogen and oxygen atoms in total. The second-order valence-corrected chi connectivity index (χ2v) is 7.92. The molecule has 4 rings (SSSR count). The minimum Gasteiger partial charge on any atom is -0.340 e. The molecule has 1 amide bonds. The van der Waals surface area contributed by atoms with Crippen molar-refractivity contribution < 1.29 is 4.79 Å². The molecule has 0 fully saturated rings. The maximum Gasteiger partial charge on any atom is 0.228 e. The van der Waals surface area contributed by atoms with Crippen LogP contribution in [0.2, 0.25) is 10.0 Å². The van der Waals surface area contributed by atoms with Gasteiger partial charge in [0.15, 0.2) is 0 Å². The number of rotatable bonds is 5. The van der Waals surface area contributed by atoms with E-state index in [2.05, 4.69) is 15.6 Å². The van der Waals surface area contributed by atoms with E-state index in [0.717, 1.165) is 39.2 Å². The highest BCUT2D eigenvalue weighted by Crippen LogP contribution is 2.26. The van der Waals surface area contributed by atoms with Crippen LogP contribution in [0.5, 0.6) is 0 Å². The van der Waals surface area contributed by atoms with Gasteiger partial charge in [-0.15, -0.1) is 0 Å². The molecule has 0 atom stereocenters. The highest BCUT2D eigenvalue weighted by molar-refractivity contribution is 6.31. The van der Waals surface area contributed by atoms with Gasteiger partial charge in [-0.3, -0.25) is 4.79 Å². The first-order valence-electron chi connectivity index (χ1n) is 9.44. The summed E-state index contributed by atoms with van der Waals surface area (Å²) >= 11 is 11.9. The SMILES string of the molecule is Cc1cc(Nc2cccc(Cl)c2)nc2ccc(NC(=O)Cc3ccc(Cl)cc3)cc12. The number of amides is 1. The molecule has 2 N–H and O–H groups in total. The van der Waals surface area contributed by atoms with E-state index in [9.17, 15) is 4.79 Å². The lowest BCUT2D eigenvalue weighted by molar-refractivity contribution is -0.115. The number of carbonyl (C=O) groups excluding carboxylic acids is 1. The molecule has 0 aliphatic rings. The van der Waals surface area contributed by atoms with Crippen molar-refractivity contribution in [3.05, 3.63) is 94.0 Å². The number of fused-ring (bicyclic) bond motifs is 1. The van der Waals surface area contributed by atoms with Crippen LogP contribution in [0.4, 0.5) is 17.2 Å². The van der Waals surface area contributed by atoms with Crippen molar-refractivity contribution in [2.45, 2.75) is 13.3 Å². The van der Waals surface area contributed by atoms with E-state index in [4.69, 9.17) is 23.2 Å². The van der Waals surface area contributed by atoms with Crippen LogP contribution in [0.1, 0.15) is 11.1 Å². The fourth-order valence-electron chi connectivity index (χ4n) is 3.24. The molecular formula is C24H19Cl2N3O. The Hall–Kier alpha value is -3.08. The topological polar surface area (TPSA) is 54.0 Å². The highest BCUT2D eigenvalue weighted by Gasteiger charge is 2.08. The maximum absolute atomic E-state index is 12.4. The molecule has 30 heavy (non-hydrogen) atoms. The van der Waals surface area contributed by atoms with E-state index in [1.54, 1.807) is 12.1 Å². The summed E-state index contributed by atoms with van der Waals surface area (Å²) in [6.45, 7) is 2.02. The van der Waals surface area contributed by atoms with Crippen LogP contribution in [0.25, 0.3) is 10.9 Å². The van der Waals surface area contributed by atoms with Crippen molar-refractivity contribution in [2.75, 3.05) is 10.6 Å². The van der Waals surface area contributed by atoms with Crippen molar-refractivity contribution in [2.24, 2.45) is 0 Å². The minimum atomic E-state index is -0.0819. The molecule has 0 aliphatic heterocycles. The van der Waals surface area contributed by atoms with Gasteiger partial charge in [0.2, 0.25) is 5.91 Å². The van der Waals surface area contributed by atoms with Gasteiger partial charge in [0.1, 0.15) is 5.82 Å². The van der Waals surface area contributed by atoms with Crippen molar-refractivity contribution in [1.82, 2.24) is 4.98 Å². The molecule has 1 aromatic heterocycles. The van der Waals surface area contributed by atoms with Crippen molar-refractivity contribution in [1.29, 1.82) is 0 Å². The first-order valence-corrected chi connectivity index (χ1v) is 10.2. The molecule has 0 saturated heterocycles. The number of benzene rings is 3. The van der Waals surface area contributed by atoms with E-state index in [-0.39, 0.29) is 12.3 Å². The number of aromatic nitrogens is 1. The second kappa shape index (κ2) is 8.74. The molecule has 4 aromatic rings. The largest absolute Gasteiger partial charge is 0.340 e. The monoisotopic (exact) mass is 435 g/mol. The highest BCUT2D eigenvalue weighted by atomic mass is 35.5. The Morgan fingerprint density at radius 2 is 1.70 bits per heavy atom. The summed E-state index contributed by atoms with van der Waals surface area (Å²) in [6.07, 6.45) is 0.287. The van der Waals surface area contributed by atoms with Gasteiger partial charge in [-0.25, -0.2) is 4.98 Å². The molecule has 0 bridgehead atoms. The summed E-state index contributed by atoms with van der Waals surface area (Å²) in [5, 5.41) is 8.54. The lowest BCUT2D eigenvalue weighted by Gasteiger charge is -2.11. The summed E-state index contributed by atoms with van der Waals surface area (Å²) in [4.78, 5) is 17.1. The number of hydrogen-bond donors (Lipinski definition) is 2. The minimum absolute atomic E-state index is 0.0819. The second-order valence-electron chi connectivity index (χ2n) is 7.04. The Kier molecular flexibility index (Phi) is 5.88. The van der Waals surface area contributed by atoms with Crippen LogP contribution in [0.3, 0.4) is 0 Å². The number of aryl methyl sites for hydroxylation is 1. The zero-order valence-corrected chi connectivity index (χ0v) is 17.8. The number of carbonyl (C=O) groups is 1. The summed E-state index contributed by atoms with van der Waals surface area (Å²) in [5.41, 5.74) is 4.42. The molecule has 0 radical (unpaired) electrons. The smallest absolute Gasteiger partial charge is 0.228 e. The number of nitrogens with zero attached hydrogens (tertiary/aromatic N) is 1. The van der Waals surface area contributed by atoms with Gasteiger partial charge in [-0.1, -0.05) is 41.4 Å². The Morgan fingerprint density at radius 3 is 2.47 bits per heavy atom. The summed E-state index contributed by atoms with van der Waals surface area (Å²) < 4.78 is 0. The molecule has 6 heteroatoms. The van der Waals surface area contributed by atoms with E-state index >= 15 is 0 Å². The molecule has 0 saturated carbocycles. The summed E-state index contributed by atoms with van der Waals surface area (Å²) in [5.74, 6) is 0.656. The molecular weight excluding hydrogens is 417 g/mol. The van der Waals surface area contributed by atoms with Gasteiger partial charge in [0, 0.05) is 26.8 Å². The molecule has 150 valence electrons. The van der Waals surface area contributed by atoms with Gasteiger partial charge < -0.3 is 10.6 Å². The van der Waals surface area contributed by atoms with E-state index in [0.29, 0.717) is 10.0 Å². The fraction of sp³-hybridized carbons (Fsp3) is 0.0833. The predicted molar refractivity (Wildman–Crippen MR) is 125 cm³/mol. The Morgan fingerprint density at radius 1 is 0.900 bits per heavy atom. The zero-order chi connectivity index (χ0) is 21.1. The third kappa shape index (κ3) is 4.90. The summed E-state index contributed by atoms with van der Waals surface area (Å²) in [6, 6.07) is 22.5. The predicted octanol–water partition coefficient (Wildman–Crippen LogP) is 6.77. The van der Waals surface area contributed by atoms with E-state index in [1.807, 2.05) is 67.6 Å². The van der Waals surface area contributed by atoms with Crippen LogP contribution in [0, 0.1) is 6.92 Å². The number of hydrogen-bond acceptors (Lipinski definition) is 3. The van der Waals surface area contributed by atoms with Gasteiger partial charge in [-0.05, 0) is 72.6 Å². The van der Waals surface area contributed by atoms with Crippen molar-refractivity contribution in [3.8, 4) is 0 Å². The van der Waals surface area contributed by atoms with Gasteiger partial charge in [-0.2, -0.15) is 0 Å². The van der Waals surface area contributed by atoms with Crippen molar-refractivity contribution in [3.63, 3.8) is 0 Å². The van der Waals surface area contributed by atoms with Gasteiger partial charge >= 0.3 is 0 Å². The van der Waals surface area contributed by atoms with Gasteiger partial charge in [0.05, 0.1) is 11.9 Å². The molecule has 1 heterocycles. The van der Waals surface area contributed by atoms with Crippen LogP contribution >= 0.6 is 23.2 Å². The Balaban J connectivity index is 1.51. The number of anilines is 3. The number of pyridine rings is 1. The molecule has 0 unspecified atom stereocenters. The van der Waals surface area contributed by atoms with Gasteiger partial charge in [0.25, 0.3) is 0 Å². The first kappa shape index (κ1) is 20.2. The normalized spacial score (nSPS) is 10.8. The molecule has 0 spiro atoms. The lowest BCUT2D eigenvalue weighted by Crippen LogP contribution is -2.14.